The third-order valence-corrected chi connectivity index (χ3v) is 5.35. The van der Waals surface area contributed by atoms with Crippen molar-refractivity contribution in [2.75, 3.05) is 38.4 Å². The first-order valence-electron chi connectivity index (χ1n) is 9.59. The van der Waals surface area contributed by atoms with Crippen molar-refractivity contribution in [3.63, 3.8) is 0 Å². The monoisotopic (exact) mass is 398 g/mol. The normalized spacial score (nSPS) is 19.8. The first-order valence-corrected chi connectivity index (χ1v) is 9.59. The molecule has 2 fully saturated rings. The second-order valence-electron chi connectivity index (χ2n) is 7.31. The molecule has 0 aliphatic carbocycles. The number of nitrogens with one attached hydrogen (secondary N) is 1. The van der Waals surface area contributed by atoms with Crippen LogP contribution in [0, 0.1) is 18.8 Å². The van der Waals surface area contributed by atoms with Crippen LogP contribution in [0.5, 0.6) is 5.75 Å². The van der Waals surface area contributed by atoms with Gasteiger partial charge in [0.15, 0.2) is 0 Å². The van der Waals surface area contributed by atoms with Crippen molar-refractivity contribution in [1.82, 2.24) is 0 Å². The van der Waals surface area contributed by atoms with E-state index in [0.29, 0.717) is 25.7 Å². The molecule has 152 valence electrons. The van der Waals surface area contributed by atoms with Crippen LogP contribution in [-0.4, -0.2) is 45.0 Å². The number of carbonyl (C=O) groups is 1. The van der Waals surface area contributed by atoms with Gasteiger partial charge in [-0.25, -0.2) is 0 Å². The van der Waals surface area contributed by atoms with Gasteiger partial charge < -0.3 is 25.3 Å². The highest BCUT2D eigenvalue weighted by atomic mass is 35.5. The number of ether oxygens (including phenoxy) is 3. The molecular formula is C20H31ClN2O4. The predicted molar refractivity (Wildman–Crippen MR) is 108 cm³/mol. The highest BCUT2D eigenvalue weighted by Crippen LogP contribution is 2.25. The number of nitrogens with two attached hydrogens (primary N) is 1. The molecule has 1 amide bonds. The SMILES string of the molecule is Cc1ccc(NC(=O)C(N)C2CCOCC2)cc1OCC1CCOCC1.Cl. The highest BCUT2D eigenvalue weighted by molar-refractivity contribution is 5.95. The smallest absolute Gasteiger partial charge is 0.241 e. The van der Waals surface area contributed by atoms with E-state index < -0.39 is 6.04 Å². The summed E-state index contributed by atoms with van der Waals surface area (Å²) in [5.41, 5.74) is 7.94. The molecule has 0 aromatic heterocycles. The molecule has 0 bridgehead atoms. The summed E-state index contributed by atoms with van der Waals surface area (Å²) in [6.45, 7) is 5.68. The summed E-state index contributed by atoms with van der Waals surface area (Å²) >= 11 is 0. The van der Waals surface area contributed by atoms with E-state index in [2.05, 4.69) is 5.32 Å². The number of rotatable bonds is 6. The second-order valence-corrected chi connectivity index (χ2v) is 7.31. The van der Waals surface area contributed by atoms with Crippen LogP contribution in [-0.2, 0) is 14.3 Å². The molecule has 1 atom stereocenters. The molecule has 2 heterocycles. The first kappa shape index (κ1) is 22.0. The Morgan fingerprint density at radius 2 is 1.81 bits per heavy atom. The fourth-order valence-corrected chi connectivity index (χ4v) is 3.47. The minimum Gasteiger partial charge on any atom is -0.493 e. The molecule has 0 radical (unpaired) electrons. The van der Waals surface area contributed by atoms with E-state index in [4.69, 9.17) is 19.9 Å². The van der Waals surface area contributed by atoms with Gasteiger partial charge in [-0.15, -0.1) is 12.4 Å². The van der Waals surface area contributed by atoms with Gasteiger partial charge in [0.2, 0.25) is 5.91 Å². The van der Waals surface area contributed by atoms with E-state index in [9.17, 15) is 4.79 Å². The van der Waals surface area contributed by atoms with Gasteiger partial charge in [-0.3, -0.25) is 4.79 Å². The zero-order chi connectivity index (χ0) is 18.4. The van der Waals surface area contributed by atoms with E-state index in [1.165, 1.54) is 0 Å². The van der Waals surface area contributed by atoms with Crippen LogP contribution in [0.15, 0.2) is 18.2 Å². The molecule has 2 aliphatic rings. The Morgan fingerprint density at radius 3 is 2.48 bits per heavy atom. The van der Waals surface area contributed by atoms with Gasteiger partial charge in [0.05, 0.1) is 12.6 Å². The predicted octanol–water partition coefficient (Wildman–Crippen LogP) is 2.91. The summed E-state index contributed by atoms with van der Waals surface area (Å²) in [5, 5.41) is 2.94. The average Bonchev–Trinajstić information content (AvgIpc) is 2.69. The fraction of sp³-hybridized carbons (Fsp3) is 0.650. The molecule has 6 nitrogen and oxygen atoms in total. The van der Waals surface area contributed by atoms with Crippen molar-refractivity contribution in [3.05, 3.63) is 23.8 Å². The molecule has 2 saturated heterocycles. The fourth-order valence-electron chi connectivity index (χ4n) is 3.47. The van der Waals surface area contributed by atoms with Gasteiger partial charge in [-0.1, -0.05) is 6.07 Å². The molecule has 0 spiro atoms. The van der Waals surface area contributed by atoms with Crippen molar-refractivity contribution >= 4 is 24.0 Å². The van der Waals surface area contributed by atoms with Crippen LogP contribution in [0.3, 0.4) is 0 Å². The van der Waals surface area contributed by atoms with Crippen LogP contribution in [0.4, 0.5) is 5.69 Å². The number of halogens is 1. The molecule has 1 unspecified atom stereocenters. The summed E-state index contributed by atoms with van der Waals surface area (Å²) in [6.07, 6.45) is 3.74. The molecule has 1 aromatic rings. The summed E-state index contributed by atoms with van der Waals surface area (Å²) in [7, 11) is 0. The number of hydrogen-bond acceptors (Lipinski definition) is 5. The Balaban J connectivity index is 0.00000261. The molecule has 3 rings (SSSR count). The minimum atomic E-state index is -0.508. The number of anilines is 1. The molecule has 7 heteroatoms. The highest BCUT2D eigenvalue weighted by Gasteiger charge is 2.26. The standard InChI is InChI=1S/C20H30N2O4.ClH/c1-14-2-3-17(12-18(14)26-13-15-4-8-24-9-5-15)22-20(23)19(21)16-6-10-25-11-7-16;/h2-3,12,15-16,19H,4-11,13,21H2,1H3,(H,22,23);1H. The Hall–Kier alpha value is -1.34. The van der Waals surface area contributed by atoms with Gasteiger partial charge in [-0.2, -0.15) is 0 Å². The second kappa shape index (κ2) is 10.9. The lowest BCUT2D eigenvalue weighted by Gasteiger charge is -2.27. The lowest BCUT2D eigenvalue weighted by Crippen LogP contribution is -2.44. The molecular weight excluding hydrogens is 368 g/mol. The lowest BCUT2D eigenvalue weighted by atomic mass is 9.92. The summed E-state index contributed by atoms with van der Waals surface area (Å²) < 4.78 is 16.8. The zero-order valence-electron chi connectivity index (χ0n) is 15.9. The van der Waals surface area contributed by atoms with E-state index in [1.807, 2.05) is 25.1 Å². The van der Waals surface area contributed by atoms with Gasteiger partial charge >= 0.3 is 0 Å². The number of carbonyl (C=O) groups excluding carboxylic acids is 1. The third-order valence-electron chi connectivity index (χ3n) is 5.35. The van der Waals surface area contributed by atoms with E-state index in [1.54, 1.807) is 0 Å². The first-order chi connectivity index (χ1) is 12.6. The molecule has 1 aromatic carbocycles. The number of aryl methyl sites for hydroxylation is 1. The maximum atomic E-state index is 12.5. The van der Waals surface area contributed by atoms with Crippen LogP contribution < -0.4 is 15.8 Å². The van der Waals surface area contributed by atoms with E-state index >= 15 is 0 Å². The van der Waals surface area contributed by atoms with Gasteiger partial charge in [0.25, 0.3) is 0 Å². The van der Waals surface area contributed by atoms with E-state index in [-0.39, 0.29) is 24.2 Å². The molecule has 0 saturated carbocycles. The van der Waals surface area contributed by atoms with Gasteiger partial charge in [-0.05, 0) is 56.1 Å². The Kier molecular flexibility index (Phi) is 8.83. The maximum Gasteiger partial charge on any atom is 0.241 e. The van der Waals surface area contributed by atoms with Crippen molar-refractivity contribution < 1.29 is 19.0 Å². The number of hydrogen-bond donors (Lipinski definition) is 2. The van der Waals surface area contributed by atoms with E-state index in [0.717, 1.165) is 55.9 Å². The van der Waals surface area contributed by atoms with Crippen molar-refractivity contribution in [3.8, 4) is 5.75 Å². The van der Waals surface area contributed by atoms with Crippen molar-refractivity contribution in [1.29, 1.82) is 0 Å². The van der Waals surface area contributed by atoms with Crippen molar-refractivity contribution in [2.45, 2.75) is 38.6 Å². The summed E-state index contributed by atoms with van der Waals surface area (Å²) in [5.74, 6) is 1.38. The number of benzene rings is 1. The molecule has 2 aliphatic heterocycles. The lowest BCUT2D eigenvalue weighted by molar-refractivity contribution is -0.119. The number of amides is 1. The Bertz CT molecular complexity index is 602. The summed E-state index contributed by atoms with van der Waals surface area (Å²) in [6, 6.07) is 5.25. The van der Waals surface area contributed by atoms with Crippen molar-refractivity contribution in [2.24, 2.45) is 17.6 Å². The van der Waals surface area contributed by atoms with Gasteiger partial charge in [0.1, 0.15) is 5.75 Å². The van der Waals surface area contributed by atoms with Gasteiger partial charge in [0, 0.05) is 38.2 Å². The van der Waals surface area contributed by atoms with Crippen LogP contribution in [0.1, 0.15) is 31.2 Å². The third kappa shape index (κ3) is 6.35. The molecule has 3 N–H and O–H groups in total. The Morgan fingerprint density at radius 1 is 1.19 bits per heavy atom. The largest absolute Gasteiger partial charge is 0.493 e. The molecule has 27 heavy (non-hydrogen) atoms. The maximum absolute atomic E-state index is 12.5. The quantitative estimate of drug-likeness (QED) is 0.769. The van der Waals surface area contributed by atoms with Crippen LogP contribution in [0.2, 0.25) is 0 Å². The Labute approximate surface area is 167 Å². The zero-order valence-corrected chi connectivity index (χ0v) is 16.8. The minimum absolute atomic E-state index is 0. The summed E-state index contributed by atoms with van der Waals surface area (Å²) in [4.78, 5) is 12.5. The van der Waals surface area contributed by atoms with Crippen LogP contribution in [0.25, 0.3) is 0 Å². The van der Waals surface area contributed by atoms with Crippen LogP contribution >= 0.6 is 12.4 Å². The topological polar surface area (TPSA) is 82.8 Å². The average molecular weight is 399 g/mol.